The molecule has 0 unspecified atom stereocenters. The van der Waals surface area contributed by atoms with Gasteiger partial charge in [0.05, 0.1) is 43.0 Å². The molecule has 4 rings (SSSR count). The number of likely N-dealkylation sites (tertiary alicyclic amines) is 1. The number of fused-ring (bicyclic) bond motifs is 1. The van der Waals surface area contributed by atoms with E-state index in [-0.39, 0.29) is 49.4 Å². The number of piperidine rings is 1. The number of likely N-dealkylation sites (N-methyl/N-ethyl adjacent to an activating group) is 1. The topological polar surface area (TPSA) is 98.4 Å². The zero-order chi connectivity index (χ0) is 25.4. The van der Waals surface area contributed by atoms with E-state index in [2.05, 4.69) is 0 Å². The van der Waals surface area contributed by atoms with Gasteiger partial charge in [0.1, 0.15) is 28.2 Å². The van der Waals surface area contributed by atoms with Gasteiger partial charge in [-0.05, 0) is 32.1 Å². The summed E-state index contributed by atoms with van der Waals surface area (Å²) in [5.41, 5.74) is 0.857. The molecule has 2 aromatic carbocycles. The molecular weight excluding hydrogens is 497 g/mol. The lowest BCUT2D eigenvalue weighted by Gasteiger charge is -2.34. The quantitative estimate of drug-likeness (QED) is 0.494. The summed E-state index contributed by atoms with van der Waals surface area (Å²) in [5, 5.41) is 11.4. The smallest absolute Gasteiger partial charge is 0.339 e. The number of rotatable bonds is 5. The van der Waals surface area contributed by atoms with Gasteiger partial charge < -0.3 is 28.6 Å². The Morgan fingerprint density at radius 2 is 1.80 bits per heavy atom. The summed E-state index contributed by atoms with van der Waals surface area (Å²) < 4.78 is 22.1. The molecule has 3 aromatic rings. The van der Waals surface area contributed by atoms with Crippen molar-refractivity contribution in [2.45, 2.75) is 18.4 Å². The number of ether oxygens (including phenoxy) is 3. The number of hydrogen-bond acceptors (Lipinski definition) is 8. The Morgan fingerprint density at radius 3 is 2.43 bits per heavy atom. The van der Waals surface area contributed by atoms with Crippen LogP contribution in [0.5, 0.6) is 11.5 Å². The van der Waals surface area contributed by atoms with Gasteiger partial charge in [-0.2, -0.15) is 0 Å². The van der Waals surface area contributed by atoms with Crippen molar-refractivity contribution in [1.82, 2.24) is 4.90 Å². The van der Waals surface area contributed by atoms with Gasteiger partial charge in [-0.15, -0.1) is 0 Å². The van der Waals surface area contributed by atoms with Crippen LogP contribution in [0.1, 0.15) is 28.3 Å². The third-order valence-corrected chi connectivity index (χ3v) is 6.91. The average Bonchev–Trinajstić information content (AvgIpc) is 2.83. The minimum Gasteiger partial charge on any atom is -0.496 e. The number of carbonyl (C=O) groups excluding carboxylic acids is 1. The predicted octanol–water partition coefficient (Wildman–Crippen LogP) is 4.35. The molecular formula is C25H25Cl2NO7. The Morgan fingerprint density at radius 1 is 1.09 bits per heavy atom. The molecule has 0 bridgehead atoms. The maximum Gasteiger partial charge on any atom is 0.339 e. The molecule has 0 saturated carbocycles. The first-order valence-corrected chi connectivity index (χ1v) is 11.6. The van der Waals surface area contributed by atoms with E-state index in [0.717, 1.165) is 6.54 Å². The maximum absolute atomic E-state index is 13.3. The first-order valence-electron chi connectivity index (χ1n) is 10.9. The number of esters is 1. The van der Waals surface area contributed by atoms with Crippen LogP contribution in [0.2, 0.25) is 10.0 Å². The summed E-state index contributed by atoms with van der Waals surface area (Å²) in [6.07, 6.45) is -0.0744. The fourth-order valence-corrected chi connectivity index (χ4v) is 5.04. The second-order valence-corrected chi connectivity index (χ2v) is 9.22. The molecule has 1 aliphatic rings. The molecule has 1 aromatic heterocycles. The molecule has 1 aliphatic heterocycles. The first kappa shape index (κ1) is 25.3. The molecule has 186 valence electrons. The lowest BCUT2D eigenvalue weighted by Crippen LogP contribution is -2.40. The predicted molar refractivity (Wildman–Crippen MR) is 133 cm³/mol. The van der Waals surface area contributed by atoms with E-state index in [9.17, 15) is 14.7 Å². The number of benzene rings is 2. The number of carbonyl (C=O) groups is 1. The van der Waals surface area contributed by atoms with Crippen LogP contribution in [0.25, 0.3) is 22.3 Å². The zero-order valence-corrected chi connectivity index (χ0v) is 21.2. The number of aliphatic hydroxyl groups excluding tert-OH is 1. The van der Waals surface area contributed by atoms with Crippen LogP contribution >= 0.6 is 23.2 Å². The third kappa shape index (κ3) is 4.59. The van der Waals surface area contributed by atoms with Gasteiger partial charge in [-0.1, -0.05) is 23.2 Å². The Balaban J connectivity index is 2.00. The average molecular weight is 522 g/mol. The summed E-state index contributed by atoms with van der Waals surface area (Å²) in [6.45, 7) is 1.21. The summed E-state index contributed by atoms with van der Waals surface area (Å²) in [4.78, 5) is 27.4. The Kier molecular flexibility index (Phi) is 7.28. The molecule has 8 nitrogen and oxygen atoms in total. The fraction of sp³-hybridized carbons (Fsp3) is 0.360. The lowest BCUT2D eigenvalue weighted by molar-refractivity contribution is 0.0600. The molecule has 10 heteroatoms. The first-order chi connectivity index (χ1) is 16.7. The summed E-state index contributed by atoms with van der Waals surface area (Å²) >= 11 is 12.8. The summed E-state index contributed by atoms with van der Waals surface area (Å²) in [6, 6.07) is 5.74. The molecule has 2 atom stereocenters. The van der Waals surface area contributed by atoms with E-state index < -0.39 is 12.1 Å². The normalized spacial score (nSPS) is 18.5. The van der Waals surface area contributed by atoms with Gasteiger partial charge >= 0.3 is 5.97 Å². The minimum atomic E-state index is -0.703. The largest absolute Gasteiger partial charge is 0.496 e. The highest BCUT2D eigenvalue weighted by Gasteiger charge is 2.33. The van der Waals surface area contributed by atoms with Crippen molar-refractivity contribution in [2.24, 2.45) is 0 Å². The van der Waals surface area contributed by atoms with Crippen molar-refractivity contribution in [3.8, 4) is 22.8 Å². The van der Waals surface area contributed by atoms with Gasteiger partial charge in [0.25, 0.3) is 0 Å². The molecule has 0 aliphatic carbocycles. The highest BCUT2D eigenvalue weighted by atomic mass is 35.5. The van der Waals surface area contributed by atoms with Crippen LogP contribution in [-0.2, 0) is 4.74 Å². The van der Waals surface area contributed by atoms with Gasteiger partial charge in [0.2, 0.25) is 0 Å². The highest BCUT2D eigenvalue weighted by Crippen LogP contribution is 2.44. The van der Waals surface area contributed by atoms with E-state index in [0.29, 0.717) is 29.8 Å². The van der Waals surface area contributed by atoms with Crippen LogP contribution < -0.4 is 14.9 Å². The summed E-state index contributed by atoms with van der Waals surface area (Å²) in [7, 11) is 6.14. The van der Waals surface area contributed by atoms with Crippen LogP contribution in [-0.4, -0.2) is 63.5 Å². The van der Waals surface area contributed by atoms with Crippen molar-refractivity contribution >= 4 is 40.1 Å². The highest BCUT2D eigenvalue weighted by molar-refractivity contribution is 6.37. The third-order valence-electron chi connectivity index (χ3n) is 6.29. The van der Waals surface area contributed by atoms with Crippen LogP contribution in [0, 0.1) is 0 Å². The molecule has 35 heavy (non-hydrogen) atoms. The van der Waals surface area contributed by atoms with Crippen molar-refractivity contribution in [3.05, 3.63) is 55.7 Å². The second-order valence-electron chi connectivity index (χ2n) is 8.40. The standard InChI is InChI=1S/C25H25Cl2NO7/c1-28-6-5-12(18(30)11-28)22-20(32-2)10-21(33-3)23-17(29)9-19(35-24(22)23)13-7-16(27)14(8-15(13)26)25(31)34-4/h7-10,12,18,30H,5-6,11H2,1-4H3/t12-,18+/m0/s1. The minimum absolute atomic E-state index is 0.0875. The van der Waals surface area contributed by atoms with Gasteiger partial charge in [-0.25, -0.2) is 4.79 Å². The molecule has 0 amide bonds. The molecule has 0 radical (unpaired) electrons. The van der Waals surface area contributed by atoms with Gasteiger partial charge in [0.15, 0.2) is 5.43 Å². The van der Waals surface area contributed by atoms with E-state index in [4.69, 9.17) is 41.8 Å². The number of β-amino-alcohol motifs (C(OH)–C–C–N with tert-alkyl or cyclic N) is 1. The number of methoxy groups -OCH3 is 3. The monoisotopic (exact) mass is 521 g/mol. The van der Waals surface area contributed by atoms with Crippen molar-refractivity contribution < 1.29 is 28.5 Å². The Labute approximate surface area is 211 Å². The van der Waals surface area contributed by atoms with E-state index >= 15 is 0 Å². The molecule has 1 fully saturated rings. The molecule has 0 spiro atoms. The summed E-state index contributed by atoms with van der Waals surface area (Å²) in [5.74, 6) is -0.114. The van der Waals surface area contributed by atoms with Crippen molar-refractivity contribution in [2.75, 3.05) is 41.5 Å². The number of nitrogens with zero attached hydrogens (tertiary/aromatic N) is 1. The van der Waals surface area contributed by atoms with Gasteiger partial charge in [-0.3, -0.25) is 4.79 Å². The number of halogens is 2. The Bertz CT molecular complexity index is 1350. The fourth-order valence-electron chi connectivity index (χ4n) is 4.54. The zero-order valence-electron chi connectivity index (χ0n) is 19.7. The van der Waals surface area contributed by atoms with E-state index in [1.54, 1.807) is 6.07 Å². The second kappa shape index (κ2) is 10.1. The molecule has 2 heterocycles. The van der Waals surface area contributed by atoms with Gasteiger partial charge in [0, 0.05) is 35.7 Å². The van der Waals surface area contributed by atoms with Crippen LogP contribution in [0.4, 0.5) is 0 Å². The lowest BCUT2D eigenvalue weighted by atomic mass is 9.85. The molecule has 1 saturated heterocycles. The van der Waals surface area contributed by atoms with Crippen LogP contribution in [0.3, 0.4) is 0 Å². The van der Waals surface area contributed by atoms with Crippen molar-refractivity contribution in [1.29, 1.82) is 0 Å². The van der Waals surface area contributed by atoms with Crippen molar-refractivity contribution in [3.63, 3.8) is 0 Å². The maximum atomic E-state index is 13.3. The van der Waals surface area contributed by atoms with E-state index in [1.165, 1.54) is 39.5 Å². The number of hydrogen-bond donors (Lipinski definition) is 1. The van der Waals surface area contributed by atoms with Crippen LogP contribution in [0.15, 0.2) is 33.5 Å². The van der Waals surface area contributed by atoms with E-state index in [1.807, 2.05) is 11.9 Å². The number of aliphatic hydroxyl groups is 1. The Hall–Kier alpha value is -2.78. The molecule has 1 N–H and O–H groups in total. The SMILES string of the molecule is COC(=O)c1cc(Cl)c(-c2cc(=O)c3c(OC)cc(OC)c([C@H]4CCN(C)C[C@H]4O)c3o2)cc1Cl.